The summed E-state index contributed by atoms with van der Waals surface area (Å²) in [4.78, 5) is 2.47. The first-order chi connectivity index (χ1) is 23.0. The Morgan fingerprint density at radius 2 is 1.19 bits per heavy atom. The van der Waals surface area contributed by atoms with Crippen molar-refractivity contribution in [1.29, 1.82) is 5.26 Å². The number of hydrogen-bond acceptors (Lipinski definition) is 3. The third kappa shape index (κ3) is 4.16. The monoisotopic (exact) mass is 618 g/mol. The lowest BCUT2D eigenvalue weighted by Gasteiger charge is -2.29. The van der Waals surface area contributed by atoms with Crippen molar-refractivity contribution < 1.29 is 0 Å². The van der Waals surface area contributed by atoms with Crippen LogP contribution < -0.4 is 4.90 Å². The average Bonchev–Trinajstić information content (AvgIpc) is 3.62. The second-order valence-corrected chi connectivity index (χ2v) is 13.9. The Morgan fingerprint density at radius 1 is 0.553 bits per heavy atom. The minimum atomic E-state index is -0.102. The maximum atomic E-state index is 9.29. The van der Waals surface area contributed by atoms with Crippen LogP contribution in [0.2, 0.25) is 0 Å². The van der Waals surface area contributed by atoms with Crippen LogP contribution in [0.4, 0.5) is 17.1 Å². The van der Waals surface area contributed by atoms with Gasteiger partial charge < -0.3 is 4.90 Å². The van der Waals surface area contributed by atoms with E-state index in [-0.39, 0.29) is 5.41 Å². The molecule has 0 fully saturated rings. The second-order valence-electron chi connectivity index (χ2n) is 12.9. The minimum Gasteiger partial charge on any atom is -0.308 e. The normalized spacial score (nSPS) is 13.0. The van der Waals surface area contributed by atoms with Gasteiger partial charge in [0.2, 0.25) is 0 Å². The third-order valence-electron chi connectivity index (χ3n) is 9.91. The Kier molecular flexibility index (Phi) is 6.12. The molecule has 1 aliphatic carbocycles. The largest absolute Gasteiger partial charge is 0.308 e. The van der Waals surface area contributed by atoms with Gasteiger partial charge in [0.05, 0.1) is 27.7 Å². The molecule has 0 saturated heterocycles. The maximum Gasteiger partial charge on any atom is 0.0991 e. The first-order valence-electron chi connectivity index (χ1n) is 16.0. The molecule has 0 aliphatic heterocycles. The van der Waals surface area contributed by atoms with E-state index in [2.05, 4.69) is 146 Å². The van der Waals surface area contributed by atoms with Gasteiger partial charge in [0.15, 0.2) is 0 Å². The second kappa shape index (κ2) is 10.4. The molecule has 0 unspecified atom stereocenters. The number of anilines is 3. The highest BCUT2D eigenvalue weighted by Gasteiger charge is 2.37. The molecule has 0 spiro atoms. The van der Waals surface area contributed by atoms with Crippen molar-refractivity contribution in [2.45, 2.75) is 19.3 Å². The lowest BCUT2D eigenvalue weighted by molar-refractivity contribution is 0.660. The molecule has 0 amide bonds. The highest BCUT2D eigenvalue weighted by Crippen LogP contribution is 2.55. The summed E-state index contributed by atoms with van der Waals surface area (Å²) in [6.45, 7) is 4.69. The average molecular weight is 619 g/mol. The van der Waals surface area contributed by atoms with E-state index in [1.165, 1.54) is 64.6 Å². The number of rotatable bonds is 4. The van der Waals surface area contributed by atoms with Crippen molar-refractivity contribution in [3.63, 3.8) is 0 Å². The van der Waals surface area contributed by atoms with E-state index >= 15 is 0 Å². The van der Waals surface area contributed by atoms with Crippen LogP contribution in [0.5, 0.6) is 0 Å². The van der Waals surface area contributed by atoms with Crippen molar-refractivity contribution in [2.75, 3.05) is 4.90 Å². The highest BCUT2D eigenvalue weighted by molar-refractivity contribution is 7.27. The Balaban J connectivity index is 1.31. The topological polar surface area (TPSA) is 27.0 Å². The molecule has 0 N–H and O–H groups in total. The summed E-state index contributed by atoms with van der Waals surface area (Å²) >= 11 is 1.89. The highest BCUT2D eigenvalue weighted by atomic mass is 32.1. The van der Waals surface area contributed by atoms with Gasteiger partial charge in [0.25, 0.3) is 0 Å². The first kappa shape index (κ1) is 27.6. The molecular weight excluding hydrogens is 589 g/mol. The van der Waals surface area contributed by atoms with Crippen LogP contribution in [0.1, 0.15) is 30.5 Å². The van der Waals surface area contributed by atoms with Crippen LogP contribution in [0.3, 0.4) is 0 Å². The zero-order valence-corrected chi connectivity index (χ0v) is 27.0. The summed E-state index contributed by atoms with van der Waals surface area (Å²) in [7, 11) is 0. The Morgan fingerprint density at radius 3 is 2.00 bits per heavy atom. The number of hydrogen-bond donors (Lipinski definition) is 0. The minimum absolute atomic E-state index is 0.102. The van der Waals surface area contributed by atoms with E-state index in [0.29, 0.717) is 5.56 Å². The number of thiophene rings is 1. The standard InChI is InChI=1S/C44H30N2S/c1-44(2)37-13-6-5-11-36(37)41-38(44)14-8-15-39(41)46(32-24-21-30(22-25-32)29-19-17-28(27-45)18-20-29)40-16-7-12-34-35-26-23-31-9-3-4-10-33(31)42(35)47-43(34)40/h3-26H,1-2H3. The summed E-state index contributed by atoms with van der Waals surface area (Å²) in [6, 6.07) is 54.6. The molecule has 0 saturated carbocycles. The van der Waals surface area contributed by atoms with Crippen molar-refractivity contribution in [3.05, 3.63) is 162 Å². The van der Waals surface area contributed by atoms with Gasteiger partial charge >= 0.3 is 0 Å². The fourth-order valence-electron chi connectivity index (χ4n) is 7.56. The lowest BCUT2D eigenvalue weighted by Crippen LogP contribution is -2.16. The van der Waals surface area contributed by atoms with E-state index < -0.39 is 0 Å². The summed E-state index contributed by atoms with van der Waals surface area (Å²) < 4.78 is 2.60. The van der Waals surface area contributed by atoms with Crippen molar-refractivity contribution >= 4 is 59.3 Å². The molecule has 1 aromatic heterocycles. The quantitative estimate of drug-likeness (QED) is 0.196. The molecule has 2 nitrogen and oxygen atoms in total. The summed E-state index contributed by atoms with van der Waals surface area (Å²) in [5.41, 5.74) is 11.6. The Hall–Kier alpha value is -5.69. The molecule has 47 heavy (non-hydrogen) atoms. The predicted octanol–water partition coefficient (Wildman–Crippen LogP) is 12.5. The summed E-state index contributed by atoms with van der Waals surface area (Å²) in [5, 5.41) is 14.4. The molecule has 3 heteroatoms. The Labute approximate surface area is 278 Å². The van der Waals surface area contributed by atoms with E-state index in [0.717, 1.165) is 16.8 Å². The molecule has 0 atom stereocenters. The molecule has 7 aromatic carbocycles. The van der Waals surface area contributed by atoms with Crippen LogP contribution >= 0.6 is 11.3 Å². The molecule has 0 bridgehead atoms. The zero-order chi connectivity index (χ0) is 31.7. The molecular formula is C44H30N2S. The summed E-state index contributed by atoms with van der Waals surface area (Å²) in [5.74, 6) is 0. The SMILES string of the molecule is CC1(C)c2ccccc2-c2c(N(c3ccc(-c4ccc(C#N)cc4)cc3)c3cccc4c3sc3c5ccccc5ccc43)cccc21. The number of benzene rings is 7. The van der Waals surface area contributed by atoms with Crippen LogP contribution in [0.15, 0.2) is 146 Å². The molecule has 9 rings (SSSR count). The van der Waals surface area contributed by atoms with Crippen LogP contribution in [0.25, 0.3) is 53.2 Å². The third-order valence-corrected chi connectivity index (χ3v) is 11.2. The molecule has 1 aliphatic rings. The van der Waals surface area contributed by atoms with Crippen LogP contribution in [-0.2, 0) is 5.41 Å². The van der Waals surface area contributed by atoms with Gasteiger partial charge in [-0.05, 0) is 75.0 Å². The number of fused-ring (bicyclic) bond motifs is 8. The van der Waals surface area contributed by atoms with Gasteiger partial charge in [-0.2, -0.15) is 5.26 Å². The molecule has 0 radical (unpaired) electrons. The van der Waals surface area contributed by atoms with Crippen molar-refractivity contribution in [1.82, 2.24) is 0 Å². The van der Waals surface area contributed by atoms with E-state index in [9.17, 15) is 5.26 Å². The first-order valence-corrected chi connectivity index (χ1v) is 16.8. The van der Waals surface area contributed by atoms with Crippen LogP contribution in [0, 0.1) is 11.3 Å². The van der Waals surface area contributed by atoms with E-state index in [1.807, 2.05) is 35.6 Å². The van der Waals surface area contributed by atoms with Gasteiger partial charge in [-0.15, -0.1) is 11.3 Å². The fraction of sp³-hybridized carbons (Fsp3) is 0.0682. The van der Waals surface area contributed by atoms with Crippen molar-refractivity contribution in [3.8, 4) is 28.3 Å². The van der Waals surface area contributed by atoms with Gasteiger partial charge in [-0.3, -0.25) is 0 Å². The van der Waals surface area contributed by atoms with Gasteiger partial charge in [0.1, 0.15) is 0 Å². The molecule has 1 heterocycles. The van der Waals surface area contributed by atoms with Gasteiger partial charge in [-0.1, -0.05) is 123 Å². The van der Waals surface area contributed by atoms with Gasteiger partial charge in [-0.25, -0.2) is 0 Å². The van der Waals surface area contributed by atoms with E-state index in [1.54, 1.807) is 0 Å². The maximum absolute atomic E-state index is 9.29. The lowest BCUT2D eigenvalue weighted by atomic mass is 9.82. The smallest absolute Gasteiger partial charge is 0.0991 e. The van der Waals surface area contributed by atoms with Crippen molar-refractivity contribution in [2.24, 2.45) is 0 Å². The summed E-state index contributed by atoms with van der Waals surface area (Å²) in [6.07, 6.45) is 0. The van der Waals surface area contributed by atoms with Crippen LogP contribution in [-0.4, -0.2) is 0 Å². The molecule has 8 aromatic rings. The zero-order valence-electron chi connectivity index (χ0n) is 26.2. The molecule has 222 valence electrons. The number of nitrogens with zero attached hydrogens (tertiary/aromatic N) is 2. The number of nitriles is 1. The predicted molar refractivity (Wildman–Crippen MR) is 199 cm³/mol. The Bertz CT molecular complexity index is 2550. The fourth-order valence-corrected chi connectivity index (χ4v) is 8.90. The van der Waals surface area contributed by atoms with Gasteiger partial charge in [0, 0.05) is 32.1 Å². The van der Waals surface area contributed by atoms with E-state index in [4.69, 9.17) is 0 Å².